The molecule has 2 N–H and O–H groups in total. The van der Waals surface area contributed by atoms with E-state index in [-0.39, 0.29) is 36.0 Å². The van der Waals surface area contributed by atoms with E-state index in [0.717, 1.165) is 0 Å². The molecule has 0 aromatic heterocycles. The average molecular weight is 489 g/mol. The number of halogens is 2. The summed E-state index contributed by atoms with van der Waals surface area (Å²) in [6.07, 6.45) is 0. The van der Waals surface area contributed by atoms with Gasteiger partial charge in [-0.3, -0.25) is 0 Å². The first-order valence-electron chi connectivity index (χ1n) is 10.0. The van der Waals surface area contributed by atoms with Crippen molar-refractivity contribution in [2.45, 2.75) is 26.4 Å². The number of benzene rings is 2. The van der Waals surface area contributed by atoms with Crippen molar-refractivity contribution in [3.8, 4) is 17.6 Å². The maximum atomic E-state index is 12.8. The van der Waals surface area contributed by atoms with E-state index in [2.05, 4.69) is 6.07 Å². The van der Waals surface area contributed by atoms with Gasteiger partial charge in [0.2, 0.25) is 5.88 Å². The topological polar surface area (TPSA) is 104 Å². The van der Waals surface area contributed by atoms with Gasteiger partial charge in [0, 0.05) is 21.2 Å². The maximum absolute atomic E-state index is 12.8. The number of nitrogens with zero attached hydrogens (tertiary/aromatic N) is 1. The van der Waals surface area contributed by atoms with Gasteiger partial charge in [0.1, 0.15) is 24.0 Å². The van der Waals surface area contributed by atoms with E-state index >= 15 is 0 Å². The highest BCUT2D eigenvalue weighted by Crippen LogP contribution is 2.46. The summed E-state index contributed by atoms with van der Waals surface area (Å²) in [7, 11) is 1.49. The lowest BCUT2D eigenvalue weighted by atomic mass is 9.82. The highest BCUT2D eigenvalue weighted by Gasteiger charge is 2.38. The molecule has 33 heavy (non-hydrogen) atoms. The number of nitrogens with two attached hydrogens (primary N) is 1. The standard InChI is InChI=1S/C24H22Cl2N2O5/c1-4-31-24(29)20-13(2)33-23(28)17(11-27)21(20)16-6-5-7-19(30-3)22(16)32-12-14-8-9-15(25)10-18(14)26/h5-10,21H,4,12,28H2,1-3H3. The van der Waals surface area contributed by atoms with E-state index in [1.807, 2.05) is 0 Å². The molecule has 0 spiro atoms. The van der Waals surface area contributed by atoms with Crippen molar-refractivity contribution in [2.24, 2.45) is 5.73 Å². The summed E-state index contributed by atoms with van der Waals surface area (Å²) in [6.45, 7) is 3.53. The van der Waals surface area contributed by atoms with Crippen LogP contribution in [0.15, 0.2) is 59.2 Å². The molecule has 3 rings (SSSR count). The van der Waals surface area contributed by atoms with E-state index < -0.39 is 11.9 Å². The molecule has 1 unspecified atom stereocenters. The van der Waals surface area contributed by atoms with E-state index in [0.29, 0.717) is 32.7 Å². The Hall–Kier alpha value is -3.34. The van der Waals surface area contributed by atoms with Gasteiger partial charge in [0.25, 0.3) is 0 Å². The highest BCUT2D eigenvalue weighted by molar-refractivity contribution is 6.35. The zero-order valence-corrected chi connectivity index (χ0v) is 19.8. The van der Waals surface area contributed by atoms with Gasteiger partial charge >= 0.3 is 5.97 Å². The molecule has 1 aliphatic heterocycles. The first kappa shape index (κ1) is 24.3. The summed E-state index contributed by atoms with van der Waals surface area (Å²) >= 11 is 12.3. The van der Waals surface area contributed by atoms with Crippen LogP contribution in [0.1, 0.15) is 30.9 Å². The first-order chi connectivity index (χ1) is 15.8. The summed E-state index contributed by atoms with van der Waals surface area (Å²) in [6, 6.07) is 12.3. The van der Waals surface area contributed by atoms with Gasteiger partial charge in [0.15, 0.2) is 11.5 Å². The van der Waals surface area contributed by atoms with Crippen LogP contribution in [0.5, 0.6) is 11.5 Å². The first-order valence-corrected chi connectivity index (χ1v) is 10.8. The van der Waals surface area contributed by atoms with Crippen LogP contribution in [-0.2, 0) is 20.9 Å². The Morgan fingerprint density at radius 1 is 1.27 bits per heavy atom. The van der Waals surface area contributed by atoms with Gasteiger partial charge in [-0.1, -0.05) is 41.4 Å². The minimum absolute atomic E-state index is 0.0614. The Balaban J connectivity index is 2.13. The Kier molecular flexibility index (Phi) is 7.75. The van der Waals surface area contributed by atoms with Crippen LogP contribution >= 0.6 is 23.2 Å². The predicted molar refractivity (Wildman–Crippen MR) is 124 cm³/mol. The van der Waals surface area contributed by atoms with Crippen molar-refractivity contribution in [2.75, 3.05) is 13.7 Å². The van der Waals surface area contributed by atoms with Crippen molar-refractivity contribution < 1.29 is 23.7 Å². The fourth-order valence-corrected chi connectivity index (χ4v) is 3.99. The fourth-order valence-electron chi connectivity index (χ4n) is 3.53. The van der Waals surface area contributed by atoms with Crippen molar-refractivity contribution in [1.29, 1.82) is 5.26 Å². The third-order valence-corrected chi connectivity index (χ3v) is 5.62. The Morgan fingerprint density at radius 2 is 2.03 bits per heavy atom. The molecular formula is C24H22Cl2N2O5. The average Bonchev–Trinajstić information content (AvgIpc) is 2.78. The van der Waals surface area contributed by atoms with Gasteiger partial charge in [-0.15, -0.1) is 0 Å². The molecule has 0 aliphatic carbocycles. The molecule has 1 aliphatic rings. The van der Waals surface area contributed by atoms with Crippen molar-refractivity contribution in [3.63, 3.8) is 0 Å². The number of hydrogen-bond donors (Lipinski definition) is 1. The number of para-hydroxylation sites is 1. The van der Waals surface area contributed by atoms with Crippen LogP contribution < -0.4 is 15.2 Å². The third kappa shape index (κ3) is 5.03. The lowest BCUT2D eigenvalue weighted by molar-refractivity contribution is -0.139. The van der Waals surface area contributed by atoms with Gasteiger partial charge < -0.3 is 24.7 Å². The number of esters is 1. The molecule has 0 saturated heterocycles. The molecule has 7 nitrogen and oxygen atoms in total. The molecule has 0 saturated carbocycles. The van der Waals surface area contributed by atoms with Gasteiger partial charge in [0.05, 0.1) is 25.2 Å². The largest absolute Gasteiger partial charge is 0.493 e. The molecule has 1 atom stereocenters. The lowest BCUT2D eigenvalue weighted by Crippen LogP contribution is -2.26. The minimum Gasteiger partial charge on any atom is -0.493 e. The molecule has 1 heterocycles. The molecule has 0 bridgehead atoms. The Morgan fingerprint density at radius 3 is 2.67 bits per heavy atom. The van der Waals surface area contributed by atoms with E-state index in [1.165, 1.54) is 7.11 Å². The molecule has 172 valence electrons. The van der Waals surface area contributed by atoms with Gasteiger partial charge in [-0.2, -0.15) is 5.26 Å². The quantitative estimate of drug-likeness (QED) is 0.532. The predicted octanol–water partition coefficient (Wildman–Crippen LogP) is 5.23. The third-order valence-electron chi connectivity index (χ3n) is 5.03. The second-order valence-electron chi connectivity index (χ2n) is 7.02. The number of ether oxygens (including phenoxy) is 4. The normalized spacial score (nSPS) is 15.6. The summed E-state index contributed by atoms with van der Waals surface area (Å²) in [5.74, 6) is -0.621. The number of rotatable bonds is 7. The molecule has 0 amide bonds. The molecular weight excluding hydrogens is 467 g/mol. The molecule has 0 radical (unpaired) electrons. The second-order valence-corrected chi connectivity index (χ2v) is 7.86. The fraction of sp³-hybridized carbons (Fsp3) is 0.250. The highest BCUT2D eigenvalue weighted by atomic mass is 35.5. The zero-order chi connectivity index (χ0) is 24.1. The van der Waals surface area contributed by atoms with Crippen LogP contribution in [0, 0.1) is 11.3 Å². The zero-order valence-electron chi connectivity index (χ0n) is 18.3. The van der Waals surface area contributed by atoms with Crippen LogP contribution in [0.25, 0.3) is 0 Å². The summed E-state index contributed by atoms with van der Waals surface area (Å²) in [5.41, 5.74) is 7.41. The van der Waals surface area contributed by atoms with Crippen LogP contribution in [0.3, 0.4) is 0 Å². The SMILES string of the molecule is CCOC(=O)C1=C(C)OC(N)=C(C#N)C1c1cccc(OC)c1OCc1ccc(Cl)cc1Cl. The Bertz CT molecular complexity index is 1180. The van der Waals surface area contributed by atoms with Crippen LogP contribution in [0.2, 0.25) is 10.0 Å². The number of carbonyl (C=O) groups excluding carboxylic acids is 1. The van der Waals surface area contributed by atoms with E-state index in [9.17, 15) is 10.1 Å². The monoisotopic (exact) mass is 488 g/mol. The van der Waals surface area contributed by atoms with Gasteiger partial charge in [-0.25, -0.2) is 4.79 Å². The number of nitriles is 1. The van der Waals surface area contributed by atoms with E-state index in [4.69, 9.17) is 47.9 Å². The van der Waals surface area contributed by atoms with E-state index in [1.54, 1.807) is 50.2 Å². The maximum Gasteiger partial charge on any atom is 0.338 e. The number of carbonyl (C=O) groups is 1. The number of methoxy groups -OCH3 is 1. The van der Waals surface area contributed by atoms with Crippen LogP contribution in [0.4, 0.5) is 0 Å². The van der Waals surface area contributed by atoms with Crippen molar-refractivity contribution in [3.05, 3.63) is 80.4 Å². The Labute approximate surface area is 201 Å². The summed E-state index contributed by atoms with van der Waals surface area (Å²) < 4.78 is 22.4. The molecule has 2 aromatic rings. The van der Waals surface area contributed by atoms with Crippen molar-refractivity contribution in [1.82, 2.24) is 0 Å². The van der Waals surface area contributed by atoms with Gasteiger partial charge in [-0.05, 0) is 32.0 Å². The lowest BCUT2D eigenvalue weighted by Gasteiger charge is -2.28. The molecule has 2 aromatic carbocycles. The second kappa shape index (κ2) is 10.5. The minimum atomic E-state index is -0.881. The number of allylic oxidation sites excluding steroid dienone is 2. The summed E-state index contributed by atoms with van der Waals surface area (Å²) in [5, 5.41) is 10.8. The molecule has 0 fully saturated rings. The smallest absolute Gasteiger partial charge is 0.338 e. The summed E-state index contributed by atoms with van der Waals surface area (Å²) in [4.78, 5) is 12.8. The van der Waals surface area contributed by atoms with Crippen LogP contribution in [-0.4, -0.2) is 19.7 Å². The molecule has 9 heteroatoms. The van der Waals surface area contributed by atoms with Crippen molar-refractivity contribution >= 4 is 29.2 Å². The number of hydrogen-bond acceptors (Lipinski definition) is 7.